The molecule has 3 rings (SSSR count). The minimum absolute atomic E-state index is 0.152. The predicted molar refractivity (Wildman–Crippen MR) is 42.4 cm³/mol. The summed E-state index contributed by atoms with van der Waals surface area (Å²) in [6, 6.07) is 0. The zero-order valence-electron chi connectivity index (χ0n) is 6.95. The quantitative estimate of drug-likeness (QED) is 0.539. The summed E-state index contributed by atoms with van der Waals surface area (Å²) in [5.74, 6) is 1.44. The maximum atomic E-state index is 11.6. The first kappa shape index (κ1) is 6.81. The molecule has 0 aromatic rings. The molecule has 3 fully saturated rings. The van der Waals surface area contributed by atoms with Crippen LogP contribution in [0.1, 0.15) is 25.7 Å². The van der Waals surface area contributed by atoms with Crippen molar-refractivity contribution >= 4 is 11.6 Å². The van der Waals surface area contributed by atoms with Crippen molar-refractivity contribution in [1.82, 2.24) is 0 Å². The van der Waals surface area contributed by atoms with Crippen LogP contribution in [0.25, 0.3) is 0 Å². The molecule has 3 aliphatic rings. The van der Waals surface area contributed by atoms with Crippen LogP contribution in [0.15, 0.2) is 0 Å². The van der Waals surface area contributed by atoms with E-state index in [9.17, 15) is 9.59 Å². The van der Waals surface area contributed by atoms with Crippen LogP contribution in [0.5, 0.6) is 0 Å². The summed E-state index contributed by atoms with van der Waals surface area (Å²) in [6.45, 7) is 0. The lowest BCUT2D eigenvalue weighted by Gasteiger charge is -2.49. The van der Waals surface area contributed by atoms with E-state index in [1.165, 1.54) is 0 Å². The van der Waals surface area contributed by atoms with Crippen molar-refractivity contribution in [2.75, 3.05) is 0 Å². The van der Waals surface area contributed by atoms with Gasteiger partial charge >= 0.3 is 0 Å². The van der Waals surface area contributed by atoms with Gasteiger partial charge in [-0.25, -0.2) is 0 Å². The monoisotopic (exact) mass is 164 g/mol. The number of carbonyl (C=O) groups is 2. The van der Waals surface area contributed by atoms with Crippen LogP contribution >= 0.6 is 0 Å². The Morgan fingerprint density at radius 3 is 1.08 bits per heavy atom. The van der Waals surface area contributed by atoms with Crippen molar-refractivity contribution < 1.29 is 9.59 Å². The summed E-state index contributed by atoms with van der Waals surface area (Å²) in [6.07, 6.45) is 3.94. The van der Waals surface area contributed by atoms with Crippen LogP contribution in [0, 0.1) is 23.7 Å². The number of carbonyl (C=O) groups excluding carboxylic acids is 2. The lowest BCUT2D eigenvalue weighted by Crippen LogP contribution is -2.55. The Labute approximate surface area is 71.3 Å². The number of rotatable bonds is 0. The molecule has 3 aliphatic carbocycles. The van der Waals surface area contributed by atoms with Gasteiger partial charge in [-0.3, -0.25) is 9.59 Å². The molecule has 12 heavy (non-hydrogen) atoms. The summed E-state index contributed by atoms with van der Waals surface area (Å²) in [5.41, 5.74) is 0. The number of fused-ring (bicyclic) bond motifs is 2. The third kappa shape index (κ3) is 0.584. The van der Waals surface area contributed by atoms with E-state index in [2.05, 4.69) is 0 Å². The van der Waals surface area contributed by atoms with Crippen molar-refractivity contribution in [3.05, 3.63) is 0 Å². The minimum atomic E-state index is 0.152. The van der Waals surface area contributed by atoms with Crippen molar-refractivity contribution in [2.24, 2.45) is 23.7 Å². The van der Waals surface area contributed by atoms with E-state index in [4.69, 9.17) is 0 Å². The number of hydrogen-bond acceptors (Lipinski definition) is 2. The highest BCUT2D eigenvalue weighted by Crippen LogP contribution is 2.51. The van der Waals surface area contributed by atoms with E-state index >= 15 is 0 Å². The Bertz CT molecular complexity index is 217. The lowest BCUT2D eigenvalue weighted by atomic mass is 9.52. The molecule has 4 atom stereocenters. The number of hydrogen-bond donors (Lipinski definition) is 0. The van der Waals surface area contributed by atoms with Crippen LogP contribution in [-0.4, -0.2) is 11.6 Å². The normalized spacial score (nSPS) is 50.3. The molecule has 0 radical (unpaired) electrons. The first-order valence-corrected chi connectivity index (χ1v) is 4.86. The average Bonchev–Trinajstić information content (AvgIpc) is 1.78. The summed E-state index contributed by atoms with van der Waals surface area (Å²) in [4.78, 5) is 23.3. The molecule has 0 bridgehead atoms. The topological polar surface area (TPSA) is 34.1 Å². The fourth-order valence-electron chi connectivity index (χ4n) is 2.91. The van der Waals surface area contributed by atoms with Crippen molar-refractivity contribution in [1.29, 1.82) is 0 Å². The van der Waals surface area contributed by atoms with Gasteiger partial charge in [-0.2, -0.15) is 0 Å². The molecule has 2 nitrogen and oxygen atoms in total. The van der Waals surface area contributed by atoms with Gasteiger partial charge in [0, 0.05) is 23.7 Å². The van der Waals surface area contributed by atoms with Crippen LogP contribution in [0.4, 0.5) is 0 Å². The summed E-state index contributed by atoms with van der Waals surface area (Å²) in [5, 5.41) is 0. The second-order valence-electron chi connectivity index (χ2n) is 4.39. The predicted octanol–water partition coefficient (Wildman–Crippen LogP) is 1.19. The molecule has 0 aliphatic heterocycles. The van der Waals surface area contributed by atoms with Crippen LogP contribution in [0.2, 0.25) is 0 Å². The van der Waals surface area contributed by atoms with Gasteiger partial charge in [-0.1, -0.05) is 0 Å². The highest BCUT2D eigenvalue weighted by atomic mass is 16.1. The van der Waals surface area contributed by atoms with Crippen molar-refractivity contribution in [3.8, 4) is 0 Å². The highest BCUT2D eigenvalue weighted by Gasteiger charge is 2.56. The molecule has 0 aromatic heterocycles. The Balaban J connectivity index is 1.94. The first-order valence-electron chi connectivity index (χ1n) is 4.86. The van der Waals surface area contributed by atoms with Gasteiger partial charge in [0.25, 0.3) is 0 Å². The fourth-order valence-corrected chi connectivity index (χ4v) is 2.91. The van der Waals surface area contributed by atoms with Gasteiger partial charge in [0.2, 0.25) is 0 Å². The van der Waals surface area contributed by atoms with Crippen molar-refractivity contribution in [2.45, 2.75) is 25.7 Å². The molecule has 0 aromatic carbocycles. The third-order valence-electron chi connectivity index (χ3n) is 4.01. The minimum Gasteiger partial charge on any atom is -0.299 e. The Morgan fingerprint density at radius 1 is 0.667 bits per heavy atom. The summed E-state index contributed by atoms with van der Waals surface area (Å²) in [7, 11) is 0. The molecular weight excluding hydrogens is 152 g/mol. The molecule has 0 saturated heterocycles. The van der Waals surface area contributed by atoms with Crippen LogP contribution < -0.4 is 0 Å². The van der Waals surface area contributed by atoms with Gasteiger partial charge in [-0.05, 0) is 25.7 Å². The largest absolute Gasteiger partial charge is 0.299 e. The SMILES string of the molecule is O=C1[C@H]2CC[C@H]2C(=O)[C@@H]2CC[C@H]12. The third-order valence-corrected chi connectivity index (χ3v) is 4.01. The molecular formula is C10H12O2. The molecule has 3 saturated carbocycles. The molecule has 0 spiro atoms. The smallest absolute Gasteiger partial charge is 0.140 e. The Hall–Kier alpha value is -0.660. The van der Waals surface area contributed by atoms with E-state index in [1.807, 2.05) is 0 Å². The summed E-state index contributed by atoms with van der Waals surface area (Å²) >= 11 is 0. The highest BCUT2D eigenvalue weighted by molar-refractivity contribution is 6.01. The van der Waals surface area contributed by atoms with Gasteiger partial charge in [0.15, 0.2) is 0 Å². The molecule has 0 heterocycles. The zero-order valence-corrected chi connectivity index (χ0v) is 6.95. The molecule has 0 amide bonds. The second kappa shape index (κ2) is 1.98. The second-order valence-corrected chi connectivity index (χ2v) is 4.39. The first-order chi connectivity index (χ1) is 5.79. The molecule has 0 N–H and O–H groups in total. The van der Waals surface area contributed by atoms with Crippen LogP contribution in [-0.2, 0) is 9.59 Å². The van der Waals surface area contributed by atoms with E-state index in [0.717, 1.165) is 25.7 Å². The van der Waals surface area contributed by atoms with Gasteiger partial charge in [0.1, 0.15) is 11.6 Å². The molecule has 64 valence electrons. The standard InChI is InChI=1S/C10H12O2/c11-9-5-1-2-6(5)10(12)8-4-3-7(8)9/h5-8H,1-4H2/t5-,6+,7-,8+. The van der Waals surface area contributed by atoms with E-state index in [1.54, 1.807) is 0 Å². The maximum absolute atomic E-state index is 11.6. The average molecular weight is 164 g/mol. The maximum Gasteiger partial charge on any atom is 0.140 e. The number of ketones is 2. The molecule has 2 heteroatoms. The summed E-state index contributed by atoms with van der Waals surface area (Å²) < 4.78 is 0. The van der Waals surface area contributed by atoms with E-state index in [-0.39, 0.29) is 23.7 Å². The van der Waals surface area contributed by atoms with Gasteiger partial charge in [0.05, 0.1) is 0 Å². The molecule has 0 unspecified atom stereocenters. The fraction of sp³-hybridized carbons (Fsp3) is 0.800. The Morgan fingerprint density at radius 2 is 0.917 bits per heavy atom. The zero-order chi connectivity index (χ0) is 8.29. The number of Topliss-reactive ketones (excluding diaryl/α,β-unsaturated/α-hetero) is 2. The van der Waals surface area contributed by atoms with E-state index in [0.29, 0.717) is 11.6 Å². The van der Waals surface area contributed by atoms with Gasteiger partial charge < -0.3 is 0 Å². The van der Waals surface area contributed by atoms with E-state index < -0.39 is 0 Å². The lowest BCUT2D eigenvalue weighted by molar-refractivity contribution is -0.159. The van der Waals surface area contributed by atoms with Crippen LogP contribution in [0.3, 0.4) is 0 Å². The Kier molecular flexibility index (Phi) is 1.12. The van der Waals surface area contributed by atoms with Crippen molar-refractivity contribution in [3.63, 3.8) is 0 Å². The van der Waals surface area contributed by atoms with Gasteiger partial charge in [-0.15, -0.1) is 0 Å².